The Balaban J connectivity index is 1.19. The number of carboxylic acid groups (broad SMARTS) is 1. The molecule has 4 aromatic rings. The Morgan fingerprint density at radius 2 is 1.91 bits per heavy atom. The molecule has 1 fully saturated rings. The number of anilines is 1. The van der Waals surface area contributed by atoms with E-state index in [1.807, 2.05) is 0 Å². The van der Waals surface area contributed by atoms with Crippen LogP contribution in [-0.2, 0) is 35.2 Å². The zero-order valence-corrected chi connectivity index (χ0v) is 29.8. The first-order valence-electron chi connectivity index (χ1n) is 14.6. The van der Waals surface area contributed by atoms with E-state index in [-0.39, 0.29) is 38.5 Å². The van der Waals surface area contributed by atoms with E-state index in [0.29, 0.717) is 22.3 Å². The van der Waals surface area contributed by atoms with Crippen molar-refractivity contribution in [3.63, 3.8) is 0 Å². The molecule has 54 heavy (non-hydrogen) atoms. The van der Waals surface area contributed by atoms with Crippen molar-refractivity contribution in [2.24, 2.45) is 10.9 Å². The molecule has 0 saturated carbocycles. The fraction of sp³-hybridized carbons (Fsp3) is 0.214. The number of nitrogens with one attached hydrogen (secondary N) is 1. The second kappa shape index (κ2) is 14.3. The maximum absolute atomic E-state index is 13.8. The molecule has 2 aliphatic rings. The lowest BCUT2D eigenvalue weighted by Gasteiger charge is -2.49. The number of β-lactam (4-membered cyclic amide) rings is 1. The maximum atomic E-state index is 13.8. The third kappa shape index (κ3) is 7.31. The predicted octanol–water partition coefficient (Wildman–Crippen LogP) is 0.980. The zero-order chi connectivity index (χ0) is 39.3. The van der Waals surface area contributed by atoms with Crippen molar-refractivity contribution >= 4 is 84.9 Å². The Morgan fingerprint density at radius 3 is 2.54 bits per heavy atom. The molecule has 2 atom stereocenters. The third-order valence-electron chi connectivity index (χ3n) is 7.58. The number of thioether (sulfide) groups is 2. The average Bonchev–Trinajstić information content (AvgIpc) is 3.74. The van der Waals surface area contributed by atoms with Gasteiger partial charge in [-0.1, -0.05) is 5.16 Å². The number of aromatic nitrogens is 4. The second-order valence-corrected chi connectivity index (χ2v) is 16.0. The van der Waals surface area contributed by atoms with Crippen molar-refractivity contribution in [1.82, 2.24) is 29.8 Å². The van der Waals surface area contributed by atoms with Crippen LogP contribution in [-0.4, -0.2) is 106 Å². The number of nitrogens with two attached hydrogens (primary N) is 2. The SMILES string of the molecule is NC(=O)c1cnn2c(C(F)(F)F)cc(SCC3=C(C(=O)O)N4C(=O)[C@@H](NC(=O)/C(=N\OCS(=O)(=O)c5ccc(O)c(O)c5)c5csc(N)n5)[C@H]4SC3)nc12. The van der Waals surface area contributed by atoms with Crippen LogP contribution in [0.2, 0.25) is 0 Å². The predicted molar refractivity (Wildman–Crippen MR) is 183 cm³/mol. The van der Waals surface area contributed by atoms with Gasteiger partial charge in [-0.3, -0.25) is 19.3 Å². The van der Waals surface area contributed by atoms with Crippen LogP contribution >= 0.6 is 34.9 Å². The Morgan fingerprint density at radius 1 is 1.17 bits per heavy atom. The highest BCUT2D eigenvalue weighted by atomic mass is 32.2. The molecule has 0 radical (unpaired) electrons. The molecule has 0 spiro atoms. The first kappa shape index (κ1) is 38.1. The summed E-state index contributed by atoms with van der Waals surface area (Å²) in [7, 11) is -4.28. The molecule has 19 nitrogen and oxygen atoms in total. The summed E-state index contributed by atoms with van der Waals surface area (Å²) in [5.74, 6) is -7.24. The molecule has 26 heteroatoms. The normalized spacial score (nSPS) is 17.6. The molecule has 1 aromatic carbocycles. The minimum Gasteiger partial charge on any atom is -0.504 e. The molecular weight excluding hydrogens is 808 g/mol. The third-order valence-corrected chi connectivity index (χ3v) is 12.0. The van der Waals surface area contributed by atoms with Gasteiger partial charge in [0.1, 0.15) is 33.4 Å². The summed E-state index contributed by atoms with van der Waals surface area (Å²) >= 11 is 2.65. The highest BCUT2D eigenvalue weighted by Crippen LogP contribution is 2.42. The van der Waals surface area contributed by atoms with E-state index in [1.54, 1.807) is 0 Å². The Bertz CT molecular complexity index is 2420. The largest absolute Gasteiger partial charge is 0.504 e. The number of aliphatic carboxylic acids is 1. The Hall–Kier alpha value is -5.60. The molecule has 3 aromatic heterocycles. The zero-order valence-electron chi connectivity index (χ0n) is 26.5. The molecule has 0 bridgehead atoms. The van der Waals surface area contributed by atoms with Crippen LogP contribution in [0.15, 0.2) is 62.2 Å². The number of rotatable bonds is 12. The number of phenols is 2. The van der Waals surface area contributed by atoms with Gasteiger partial charge in [0.15, 0.2) is 33.7 Å². The number of halogens is 3. The number of hydrogen-bond donors (Lipinski definition) is 6. The van der Waals surface area contributed by atoms with Crippen LogP contribution in [0.25, 0.3) is 5.65 Å². The van der Waals surface area contributed by atoms with Gasteiger partial charge in [-0.25, -0.2) is 27.7 Å². The number of carboxylic acids is 1. The number of benzene rings is 1. The van der Waals surface area contributed by atoms with Crippen LogP contribution in [0.3, 0.4) is 0 Å². The van der Waals surface area contributed by atoms with Gasteiger partial charge in [-0.15, -0.1) is 34.9 Å². The van der Waals surface area contributed by atoms with E-state index in [1.165, 1.54) is 5.38 Å². The number of oxime groups is 1. The van der Waals surface area contributed by atoms with Gasteiger partial charge >= 0.3 is 12.1 Å². The molecule has 5 heterocycles. The van der Waals surface area contributed by atoms with E-state index >= 15 is 0 Å². The topological polar surface area (TPSA) is 295 Å². The first-order chi connectivity index (χ1) is 25.4. The van der Waals surface area contributed by atoms with Gasteiger partial charge in [-0.05, 0) is 17.7 Å². The number of carbonyl (C=O) groups is 4. The van der Waals surface area contributed by atoms with Crippen LogP contribution in [0.4, 0.5) is 18.3 Å². The number of alkyl halides is 3. The summed E-state index contributed by atoms with van der Waals surface area (Å²) in [5.41, 5.74) is 7.78. The maximum Gasteiger partial charge on any atom is 0.433 e. The number of aromatic hydroxyl groups is 2. The van der Waals surface area contributed by atoms with Crippen LogP contribution < -0.4 is 16.8 Å². The van der Waals surface area contributed by atoms with Gasteiger partial charge in [0, 0.05) is 29.0 Å². The highest BCUT2D eigenvalue weighted by molar-refractivity contribution is 8.01. The standard InChI is InChI=1S/C28H22F3N9O10S4/c29-28(30,31)16-4-17(36-22-12(21(32)43)5-34-40(16)22)51-6-10-7-52-25-19(24(45)39(25)20(10)26(46)47)37-23(44)18(13-8-53-27(33)35-13)38-50-9-54(48,49)11-1-2-14(41)15(42)3-11/h1-5,8,19,25,41-42H,6-7,9H2,(H2,32,43)(H2,33,35)(H,37,44)(H,46,47)/b38-18-/t19-,25-/m1/s1. The molecule has 3 amide bonds. The molecule has 2 aliphatic heterocycles. The lowest BCUT2D eigenvalue weighted by Crippen LogP contribution is -2.71. The number of hydrogen-bond acceptors (Lipinski definition) is 17. The highest BCUT2D eigenvalue weighted by Gasteiger charge is 2.54. The summed E-state index contributed by atoms with van der Waals surface area (Å²) in [6, 6.07) is 2.05. The number of nitrogens with zero attached hydrogens (tertiary/aromatic N) is 6. The van der Waals surface area contributed by atoms with Crippen molar-refractivity contribution in [2.45, 2.75) is 27.5 Å². The van der Waals surface area contributed by atoms with Crippen molar-refractivity contribution in [3.05, 3.63) is 64.1 Å². The van der Waals surface area contributed by atoms with Crippen LogP contribution in [0, 0.1) is 0 Å². The minimum absolute atomic E-state index is 0.00342. The number of phenolic OH excluding ortho intramolecular Hbond substituents is 2. The average molecular weight is 830 g/mol. The van der Waals surface area contributed by atoms with E-state index in [0.717, 1.165) is 52.4 Å². The summed E-state index contributed by atoms with van der Waals surface area (Å²) in [5, 5.41) is 38.9. The summed E-state index contributed by atoms with van der Waals surface area (Å²) in [6.07, 6.45) is -4.08. The lowest BCUT2D eigenvalue weighted by atomic mass is 10.0. The number of carbonyl (C=O) groups excluding carboxylic acids is 3. The van der Waals surface area contributed by atoms with E-state index in [4.69, 9.17) is 16.3 Å². The summed E-state index contributed by atoms with van der Waals surface area (Å²) in [6.45, 7) is 0. The Labute approximate surface area is 311 Å². The number of sulfone groups is 1. The number of thiazole rings is 1. The number of fused-ring (bicyclic) bond motifs is 2. The second-order valence-electron chi connectivity index (χ2n) is 11.1. The van der Waals surface area contributed by atoms with E-state index < -0.39 is 96.2 Å². The quantitative estimate of drug-likeness (QED) is 0.0290. The fourth-order valence-electron chi connectivity index (χ4n) is 5.08. The van der Waals surface area contributed by atoms with Gasteiger partial charge < -0.3 is 36.9 Å². The first-order valence-corrected chi connectivity index (χ1v) is 19.2. The van der Waals surface area contributed by atoms with Crippen LogP contribution in [0.5, 0.6) is 11.5 Å². The van der Waals surface area contributed by atoms with Crippen molar-refractivity contribution in [1.29, 1.82) is 0 Å². The van der Waals surface area contributed by atoms with Gasteiger partial charge in [0.2, 0.25) is 15.8 Å². The van der Waals surface area contributed by atoms with E-state index in [2.05, 4.69) is 25.5 Å². The van der Waals surface area contributed by atoms with Gasteiger partial charge in [-0.2, -0.15) is 18.3 Å². The van der Waals surface area contributed by atoms with E-state index in [9.17, 15) is 56.1 Å². The number of nitrogen functional groups attached to an aromatic ring is 1. The van der Waals surface area contributed by atoms with Gasteiger partial charge in [0.25, 0.3) is 17.7 Å². The molecule has 0 unspecified atom stereocenters. The van der Waals surface area contributed by atoms with Crippen LogP contribution in [0.1, 0.15) is 21.7 Å². The molecule has 8 N–H and O–H groups in total. The number of amides is 3. The molecule has 6 rings (SSSR count). The fourth-order valence-corrected chi connectivity index (χ4v) is 8.91. The monoisotopic (exact) mass is 829 g/mol. The molecule has 0 aliphatic carbocycles. The van der Waals surface area contributed by atoms with Crippen molar-refractivity contribution < 1.29 is 60.9 Å². The van der Waals surface area contributed by atoms with Crippen molar-refractivity contribution in [2.75, 3.05) is 23.2 Å². The molecular formula is C28H22F3N9O10S4. The Kier molecular flexibility index (Phi) is 10.1. The van der Waals surface area contributed by atoms with Crippen molar-refractivity contribution in [3.8, 4) is 11.5 Å². The molecule has 284 valence electrons. The molecule has 1 saturated heterocycles. The summed E-state index contributed by atoms with van der Waals surface area (Å²) < 4.78 is 67.3. The minimum atomic E-state index is -4.92. The summed E-state index contributed by atoms with van der Waals surface area (Å²) in [4.78, 5) is 64.4. The number of primary amides is 1. The smallest absolute Gasteiger partial charge is 0.433 e. The lowest BCUT2D eigenvalue weighted by molar-refractivity contribution is -0.150. The van der Waals surface area contributed by atoms with Gasteiger partial charge in [0.05, 0.1) is 11.1 Å².